The molecule has 0 aromatic heterocycles. The van der Waals surface area contributed by atoms with Gasteiger partial charge in [0.2, 0.25) is 5.91 Å². The van der Waals surface area contributed by atoms with E-state index in [-0.39, 0.29) is 5.91 Å². The molecule has 4 aromatic rings. The molecule has 1 N–H and O–H groups in total. The van der Waals surface area contributed by atoms with Gasteiger partial charge < -0.3 is 14.8 Å². The summed E-state index contributed by atoms with van der Waals surface area (Å²) in [4.78, 5) is 12.3. The van der Waals surface area contributed by atoms with Crippen LogP contribution in [0.4, 0.5) is 5.69 Å². The van der Waals surface area contributed by atoms with Gasteiger partial charge in [-0.3, -0.25) is 4.79 Å². The average Bonchev–Trinajstić information content (AvgIpc) is 2.88. The molecule has 4 heteroatoms. The zero-order chi connectivity index (χ0) is 22.7. The number of carbonyl (C=O) groups excluding carboxylic acids is 1. The third-order valence-electron chi connectivity index (χ3n) is 4.93. The second-order valence-electron chi connectivity index (χ2n) is 7.46. The SMILES string of the molecule is O=C(C=Cc1ccc(OCc2ccccc2)cc1)Nc1ccc(OCc2ccccc2)cc1. The van der Waals surface area contributed by atoms with E-state index in [0.29, 0.717) is 18.9 Å². The van der Waals surface area contributed by atoms with Crippen LogP contribution in [0.2, 0.25) is 0 Å². The van der Waals surface area contributed by atoms with Gasteiger partial charge in [0, 0.05) is 11.8 Å². The van der Waals surface area contributed by atoms with E-state index in [1.807, 2.05) is 109 Å². The summed E-state index contributed by atoms with van der Waals surface area (Å²) in [7, 11) is 0. The first-order valence-electron chi connectivity index (χ1n) is 10.8. The Morgan fingerprint density at radius 1 is 0.636 bits per heavy atom. The summed E-state index contributed by atoms with van der Waals surface area (Å²) >= 11 is 0. The number of rotatable bonds is 9. The molecule has 0 heterocycles. The van der Waals surface area contributed by atoms with Crippen LogP contribution in [-0.2, 0) is 18.0 Å². The van der Waals surface area contributed by atoms with Gasteiger partial charge in [-0.25, -0.2) is 0 Å². The third kappa shape index (κ3) is 7.11. The van der Waals surface area contributed by atoms with Crippen molar-refractivity contribution in [3.63, 3.8) is 0 Å². The van der Waals surface area contributed by atoms with Crippen LogP contribution in [0.25, 0.3) is 6.08 Å². The van der Waals surface area contributed by atoms with Crippen molar-refractivity contribution in [2.45, 2.75) is 13.2 Å². The van der Waals surface area contributed by atoms with Crippen molar-refractivity contribution < 1.29 is 14.3 Å². The fourth-order valence-electron chi connectivity index (χ4n) is 3.15. The standard InChI is InChI=1S/C29H25NO3/c31-29(30-26-14-18-28(19-15-26)33-22-25-9-5-2-6-10-25)20-13-23-11-16-27(17-12-23)32-21-24-7-3-1-4-8-24/h1-20H,21-22H2,(H,30,31). The molecule has 0 aliphatic heterocycles. The Labute approximate surface area is 194 Å². The van der Waals surface area contributed by atoms with Gasteiger partial charge in [0.05, 0.1) is 0 Å². The molecule has 0 aliphatic carbocycles. The molecule has 0 radical (unpaired) electrons. The first-order chi connectivity index (χ1) is 16.2. The summed E-state index contributed by atoms with van der Waals surface area (Å²) in [6, 6.07) is 35.0. The molecule has 1 amide bonds. The van der Waals surface area contributed by atoms with Gasteiger partial charge in [-0.15, -0.1) is 0 Å². The van der Waals surface area contributed by atoms with Gasteiger partial charge in [0.1, 0.15) is 24.7 Å². The van der Waals surface area contributed by atoms with Gasteiger partial charge in [-0.1, -0.05) is 72.8 Å². The Balaban J connectivity index is 1.23. The number of carbonyl (C=O) groups is 1. The third-order valence-corrected chi connectivity index (χ3v) is 4.93. The Kier molecular flexibility index (Phi) is 7.53. The summed E-state index contributed by atoms with van der Waals surface area (Å²) < 4.78 is 11.6. The average molecular weight is 436 g/mol. The van der Waals surface area contributed by atoms with E-state index < -0.39 is 0 Å². The van der Waals surface area contributed by atoms with Crippen molar-refractivity contribution in [3.8, 4) is 11.5 Å². The van der Waals surface area contributed by atoms with Crippen molar-refractivity contribution in [2.75, 3.05) is 5.32 Å². The van der Waals surface area contributed by atoms with Crippen molar-refractivity contribution in [1.82, 2.24) is 0 Å². The van der Waals surface area contributed by atoms with E-state index in [1.54, 1.807) is 6.08 Å². The minimum absolute atomic E-state index is 0.197. The zero-order valence-corrected chi connectivity index (χ0v) is 18.2. The zero-order valence-electron chi connectivity index (χ0n) is 18.2. The molecular weight excluding hydrogens is 410 g/mol. The highest BCUT2D eigenvalue weighted by Crippen LogP contribution is 2.18. The second-order valence-corrected chi connectivity index (χ2v) is 7.46. The van der Waals surface area contributed by atoms with E-state index in [4.69, 9.17) is 9.47 Å². The van der Waals surface area contributed by atoms with E-state index in [1.165, 1.54) is 6.08 Å². The lowest BCUT2D eigenvalue weighted by atomic mass is 10.2. The summed E-state index contributed by atoms with van der Waals surface area (Å²) in [6.07, 6.45) is 3.29. The van der Waals surface area contributed by atoms with Crippen LogP contribution in [0.15, 0.2) is 115 Å². The summed E-state index contributed by atoms with van der Waals surface area (Å²) in [5.74, 6) is 1.34. The van der Waals surface area contributed by atoms with Crippen molar-refractivity contribution >= 4 is 17.7 Å². The van der Waals surface area contributed by atoms with Crippen LogP contribution in [0.1, 0.15) is 16.7 Å². The Morgan fingerprint density at radius 2 is 1.12 bits per heavy atom. The van der Waals surface area contributed by atoms with Gasteiger partial charge >= 0.3 is 0 Å². The molecule has 0 bridgehead atoms. The van der Waals surface area contributed by atoms with Crippen LogP contribution in [0.5, 0.6) is 11.5 Å². The minimum atomic E-state index is -0.197. The smallest absolute Gasteiger partial charge is 0.248 e. The summed E-state index contributed by atoms with van der Waals surface area (Å²) in [6.45, 7) is 1.03. The molecule has 164 valence electrons. The summed E-state index contributed by atoms with van der Waals surface area (Å²) in [5.41, 5.74) is 3.85. The normalized spacial score (nSPS) is 10.7. The maximum atomic E-state index is 12.3. The number of ether oxygens (including phenoxy) is 2. The monoisotopic (exact) mass is 435 g/mol. The second kappa shape index (κ2) is 11.3. The highest BCUT2D eigenvalue weighted by molar-refractivity contribution is 6.01. The van der Waals surface area contributed by atoms with Crippen molar-refractivity contribution in [1.29, 1.82) is 0 Å². The molecule has 0 atom stereocenters. The van der Waals surface area contributed by atoms with Crippen LogP contribution in [0, 0.1) is 0 Å². The van der Waals surface area contributed by atoms with E-state index in [9.17, 15) is 4.79 Å². The van der Waals surface area contributed by atoms with Crippen molar-refractivity contribution in [3.05, 3.63) is 132 Å². The largest absolute Gasteiger partial charge is 0.489 e. The van der Waals surface area contributed by atoms with E-state index >= 15 is 0 Å². The number of amides is 1. The molecular formula is C29H25NO3. The fraction of sp³-hybridized carbons (Fsp3) is 0.0690. The molecule has 4 nitrogen and oxygen atoms in total. The number of anilines is 1. The van der Waals surface area contributed by atoms with E-state index in [0.717, 1.165) is 28.2 Å². The number of hydrogen-bond donors (Lipinski definition) is 1. The molecule has 0 unspecified atom stereocenters. The molecule has 0 spiro atoms. The Bertz CT molecular complexity index is 1170. The van der Waals surface area contributed by atoms with Crippen molar-refractivity contribution in [2.24, 2.45) is 0 Å². The maximum Gasteiger partial charge on any atom is 0.248 e. The van der Waals surface area contributed by atoms with Gasteiger partial charge in [-0.05, 0) is 59.2 Å². The van der Waals surface area contributed by atoms with Crippen LogP contribution in [-0.4, -0.2) is 5.91 Å². The topological polar surface area (TPSA) is 47.6 Å². The highest BCUT2D eigenvalue weighted by Gasteiger charge is 2.01. The van der Waals surface area contributed by atoms with Crippen LogP contribution in [0.3, 0.4) is 0 Å². The molecule has 0 saturated carbocycles. The fourth-order valence-corrected chi connectivity index (χ4v) is 3.15. The number of benzene rings is 4. The predicted octanol–water partition coefficient (Wildman–Crippen LogP) is 6.50. The minimum Gasteiger partial charge on any atom is -0.489 e. The molecule has 0 aliphatic rings. The lowest BCUT2D eigenvalue weighted by Crippen LogP contribution is -2.07. The quantitative estimate of drug-likeness (QED) is 0.305. The molecule has 33 heavy (non-hydrogen) atoms. The van der Waals surface area contributed by atoms with Gasteiger partial charge in [0.25, 0.3) is 0 Å². The maximum absolute atomic E-state index is 12.3. The first-order valence-corrected chi connectivity index (χ1v) is 10.8. The molecule has 4 aromatic carbocycles. The highest BCUT2D eigenvalue weighted by atomic mass is 16.5. The molecule has 4 rings (SSSR count). The first kappa shape index (κ1) is 21.9. The number of hydrogen-bond acceptors (Lipinski definition) is 3. The summed E-state index contributed by atoms with van der Waals surface area (Å²) in [5, 5.41) is 2.86. The van der Waals surface area contributed by atoms with Gasteiger partial charge in [0.15, 0.2) is 0 Å². The number of nitrogens with one attached hydrogen (secondary N) is 1. The van der Waals surface area contributed by atoms with E-state index in [2.05, 4.69) is 5.32 Å². The predicted molar refractivity (Wildman–Crippen MR) is 132 cm³/mol. The van der Waals surface area contributed by atoms with Gasteiger partial charge in [-0.2, -0.15) is 0 Å². The molecule has 0 saturated heterocycles. The Hall–Kier alpha value is -4.31. The van der Waals surface area contributed by atoms with Crippen LogP contribution < -0.4 is 14.8 Å². The van der Waals surface area contributed by atoms with Crippen LogP contribution >= 0.6 is 0 Å². The lowest BCUT2D eigenvalue weighted by molar-refractivity contribution is -0.111. The Morgan fingerprint density at radius 3 is 1.64 bits per heavy atom. The molecule has 0 fully saturated rings. The lowest BCUT2D eigenvalue weighted by Gasteiger charge is -2.08.